The van der Waals surface area contributed by atoms with E-state index in [1.54, 1.807) is 18.2 Å². The molecule has 14 heavy (non-hydrogen) atoms. The standard InChI is InChI=1S/C10H21NO2S/c1-8(2)10-5-6-11(7-10)14(12,13)9(3)4/h8-10H,5-7H2,1-4H3/t10-/m1/s1. The first-order chi connectivity index (χ1) is 6.35. The van der Waals surface area contributed by atoms with E-state index in [1.807, 2.05) is 0 Å². The summed E-state index contributed by atoms with van der Waals surface area (Å²) in [5.74, 6) is 1.13. The maximum atomic E-state index is 11.8. The van der Waals surface area contributed by atoms with Gasteiger partial charge in [0.2, 0.25) is 10.0 Å². The van der Waals surface area contributed by atoms with E-state index in [9.17, 15) is 8.42 Å². The highest BCUT2D eigenvalue weighted by molar-refractivity contribution is 7.89. The summed E-state index contributed by atoms with van der Waals surface area (Å²) in [6, 6.07) is 0. The van der Waals surface area contributed by atoms with Crippen molar-refractivity contribution in [3.8, 4) is 0 Å². The van der Waals surface area contributed by atoms with Gasteiger partial charge >= 0.3 is 0 Å². The van der Waals surface area contributed by atoms with Gasteiger partial charge in [-0.3, -0.25) is 0 Å². The molecule has 0 amide bonds. The van der Waals surface area contributed by atoms with Crippen molar-refractivity contribution in [2.24, 2.45) is 11.8 Å². The van der Waals surface area contributed by atoms with E-state index in [1.165, 1.54) is 0 Å². The average molecular weight is 219 g/mol. The second-order valence-corrected chi connectivity index (χ2v) is 7.23. The van der Waals surface area contributed by atoms with Gasteiger partial charge in [-0.2, -0.15) is 0 Å². The van der Waals surface area contributed by atoms with Crippen molar-refractivity contribution in [2.75, 3.05) is 13.1 Å². The number of hydrogen-bond donors (Lipinski definition) is 0. The third kappa shape index (κ3) is 2.28. The second-order valence-electron chi connectivity index (χ2n) is 4.74. The van der Waals surface area contributed by atoms with Gasteiger partial charge in [-0.05, 0) is 32.1 Å². The molecule has 0 spiro atoms. The fourth-order valence-electron chi connectivity index (χ4n) is 1.83. The lowest BCUT2D eigenvalue weighted by Gasteiger charge is -2.20. The summed E-state index contributed by atoms with van der Waals surface area (Å²) in [7, 11) is -3.01. The molecule has 0 saturated carbocycles. The Hall–Kier alpha value is -0.0900. The number of nitrogens with zero attached hydrogens (tertiary/aromatic N) is 1. The number of sulfonamides is 1. The number of hydrogen-bond acceptors (Lipinski definition) is 2. The van der Waals surface area contributed by atoms with E-state index in [0.29, 0.717) is 18.4 Å². The Labute approximate surface area is 87.5 Å². The van der Waals surface area contributed by atoms with E-state index in [0.717, 1.165) is 13.0 Å². The lowest BCUT2D eigenvalue weighted by atomic mass is 9.96. The van der Waals surface area contributed by atoms with Crippen molar-refractivity contribution < 1.29 is 8.42 Å². The molecule has 1 heterocycles. The van der Waals surface area contributed by atoms with E-state index in [4.69, 9.17) is 0 Å². The summed E-state index contributed by atoms with van der Waals surface area (Å²) >= 11 is 0. The van der Waals surface area contributed by atoms with Crippen LogP contribution in [0.1, 0.15) is 34.1 Å². The first-order valence-electron chi connectivity index (χ1n) is 5.34. The molecule has 0 bridgehead atoms. The molecule has 3 nitrogen and oxygen atoms in total. The van der Waals surface area contributed by atoms with Crippen LogP contribution in [-0.4, -0.2) is 31.1 Å². The minimum atomic E-state index is -3.01. The van der Waals surface area contributed by atoms with Crippen LogP contribution in [0.2, 0.25) is 0 Å². The fourth-order valence-corrected chi connectivity index (χ4v) is 3.18. The lowest BCUT2D eigenvalue weighted by Crippen LogP contribution is -2.34. The van der Waals surface area contributed by atoms with Gasteiger partial charge in [0.05, 0.1) is 5.25 Å². The minimum absolute atomic E-state index is 0.284. The van der Waals surface area contributed by atoms with E-state index >= 15 is 0 Å². The van der Waals surface area contributed by atoms with Gasteiger partial charge in [0.25, 0.3) is 0 Å². The molecule has 1 atom stereocenters. The lowest BCUT2D eigenvalue weighted by molar-refractivity contribution is 0.387. The molecule has 1 saturated heterocycles. The van der Waals surface area contributed by atoms with Gasteiger partial charge in [0.1, 0.15) is 0 Å². The first kappa shape index (κ1) is 12.0. The van der Waals surface area contributed by atoms with Gasteiger partial charge in [-0.25, -0.2) is 12.7 Å². The van der Waals surface area contributed by atoms with Crippen molar-refractivity contribution in [2.45, 2.75) is 39.4 Å². The molecule has 1 fully saturated rings. The van der Waals surface area contributed by atoms with Crippen molar-refractivity contribution in [1.29, 1.82) is 0 Å². The highest BCUT2D eigenvalue weighted by Gasteiger charge is 2.33. The summed E-state index contributed by atoms with van der Waals surface area (Å²) in [5, 5.41) is -0.284. The van der Waals surface area contributed by atoms with Crippen LogP contribution in [0.15, 0.2) is 0 Å². The van der Waals surface area contributed by atoms with Crippen LogP contribution in [-0.2, 0) is 10.0 Å². The Balaban J connectivity index is 2.67. The molecule has 1 aliphatic rings. The van der Waals surface area contributed by atoms with Gasteiger partial charge in [0.15, 0.2) is 0 Å². The molecule has 0 unspecified atom stereocenters. The van der Waals surface area contributed by atoms with E-state index in [-0.39, 0.29) is 5.25 Å². The molecule has 0 aromatic heterocycles. The zero-order chi connectivity index (χ0) is 10.9. The smallest absolute Gasteiger partial charge is 0.212 e. The maximum absolute atomic E-state index is 11.8. The molecule has 4 heteroatoms. The number of rotatable bonds is 3. The Morgan fingerprint density at radius 3 is 2.14 bits per heavy atom. The Bertz CT molecular complexity index is 282. The largest absolute Gasteiger partial charge is 0.216 e. The quantitative estimate of drug-likeness (QED) is 0.724. The van der Waals surface area contributed by atoms with Crippen LogP contribution in [0.3, 0.4) is 0 Å². The Kier molecular flexibility index (Phi) is 3.58. The Morgan fingerprint density at radius 1 is 1.21 bits per heavy atom. The molecular weight excluding hydrogens is 198 g/mol. The molecular formula is C10H21NO2S. The highest BCUT2D eigenvalue weighted by atomic mass is 32.2. The normalized spacial score (nSPS) is 25.1. The van der Waals surface area contributed by atoms with Crippen LogP contribution >= 0.6 is 0 Å². The zero-order valence-electron chi connectivity index (χ0n) is 9.53. The van der Waals surface area contributed by atoms with Crippen LogP contribution in [0.5, 0.6) is 0 Å². The summed E-state index contributed by atoms with van der Waals surface area (Å²) in [5.41, 5.74) is 0. The summed E-state index contributed by atoms with van der Waals surface area (Å²) in [6.07, 6.45) is 1.02. The van der Waals surface area contributed by atoms with Crippen LogP contribution in [0, 0.1) is 11.8 Å². The van der Waals surface area contributed by atoms with Crippen molar-refractivity contribution in [3.63, 3.8) is 0 Å². The molecule has 0 radical (unpaired) electrons. The van der Waals surface area contributed by atoms with Crippen molar-refractivity contribution in [3.05, 3.63) is 0 Å². The molecule has 1 aliphatic heterocycles. The molecule has 0 N–H and O–H groups in total. The van der Waals surface area contributed by atoms with E-state index < -0.39 is 10.0 Å². The Morgan fingerprint density at radius 2 is 1.79 bits per heavy atom. The topological polar surface area (TPSA) is 37.4 Å². The molecule has 0 aromatic rings. The molecule has 0 aliphatic carbocycles. The monoisotopic (exact) mass is 219 g/mol. The van der Waals surface area contributed by atoms with Gasteiger partial charge in [-0.15, -0.1) is 0 Å². The maximum Gasteiger partial charge on any atom is 0.216 e. The second kappa shape index (κ2) is 4.19. The van der Waals surface area contributed by atoms with Gasteiger partial charge < -0.3 is 0 Å². The van der Waals surface area contributed by atoms with Crippen LogP contribution < -0.4 is 0 Å². The first-order valence-corrected chi connectivity index (χ1v) is 6.85. The van der Waals surface area contributed by atoms with Crippen molar-refractivity contribution >= 4 is 10.0 Å². The zero-order valence-corrected chi connectivity index (χ0v) is 10.3. The van der Waals surface area contributed by atoms with Gasteiger partial charge in [0, 0.05) is 13.1 Å². The molecule has 1 rings (SSSR count). The van der Waals surface area contributed by atoms with Crippen molar-refractivity contribution in [1.82, 2.24) is 4.31 Å². The van der Waals surface area contributed by atoms with E-state index in [2.05, 4.69) is 13.8 Å². The predicted octanol–water partition coefficient (Wildman–Crippen LogP) is 1.70. The summed E-state index contributed by atoms with van der Waals surface area (Å²) in [6.45, 7) is 9.25. The third-order valence-electron chi connectivity index (χ3n) is 3.09. The minimum Gasteiger partial charge on any atom is -0.212 e. The highest BCUT2D eigenvalue weighted by Crippen LogP contribution is 2.26. The molecule has 84 valence electrons. The van der Waals surface area contributed by atoms with Crippen LogP contribution in [0.25, 0.3) is 0 Å². The summed E-state index contributed by atoms with van der Waals surface area (Å²) < 4.78 is 25.3. The third-order valence-corrected chi connectivity index (χ3v) is 5.33. The van der Waals surface area contributed by atoms with Crippen LogP contribution in [0.4, 0.5) is 0 Å². The SMILES string of the molecule is CC(C)[C@@H]1CCN(S(=O)(=O)C(C)C)C1. The fraction of sp³-hybridized carbons (Fsp3) is 1.00. The summed E-state index contributed by atoms with van der Waals surface area (Å²) in [4.78, 5) is 0. The average Bonchev–Trinajstić information content (AvgIpc) is 2.51. The predicted molar refractivity (Wildman–Crippen MR) is 58.6 cm³/mol. The molecule has 0 aromatic carbocycles. The van der Waals surface area contributed by atoms with Gasteiger partial charge in [-0.1, -0.05) is 13.8 Å².